The summed E-state index contributed by atoms with van der Waals surface area (Å²) < 4.78 is 1.65. The van der Waals surface area contributed by atoms with E-state index in [1.807, 2.05) is 7.05 Å². The second-order valence-corrected chi connectivity index (χ2v) is 4.19. The lowest BCUT2D eigenvalue weighted by Gasteiger charge is -2.03. The summed E-state index contributed by atoms with van der Waals surface area (Å²) >= 11 is 5.89. The molecule has 0 aliphatic rings. The van der Waals surface area contributed by atoms with Gasteiger partial charge in [0.25, 0.3) is 5.56 Å². The van der Waals surface area contributed by atoms with Gasteiger partial charge in [-0.3, -0.25) is 9.48 Å². The molecule has 1 unspecified atom stereocenters. The highest BCUT2D eigenvalue weighted by Gasteiger charge is 2.09. The van der Waals surface area contributed by atoms with Crippen LogP contribution < -0.4 is 5.56 Å². The third-order valence-corrected chi connectivity index (χ3v) is 2.34. The largest absolute Gasteiger partial charge is 0.309 e. The number of rotatable bonds is 2. The Labute approximate surface area is 97.1 Å². The summed E-state index contributed by atoms with van der Waals surface area (Å²) in [6.45, 7) is 1.76. The molecule has 0 fully saturated rings. The van der Waals surface area contributed by atoms with Crippen LogP contribution in [0, 0.1) is 0 Å². The van der Waals surface area contributed by atoms with Gasteiger partial charge < -0.3 is 4.98 Å². The van der Waals surface area contributed by atoms with Crippen molar-refractivity contribution in [2.45, 2.75) is 12.3 Å². The predicted molar refractivity (Wildman–Crippen MR) is 61.3 cm³/mol. The van der Waals surface area contributed by atoms with E-state index in [4.69, 9.17) is 11.6 Å². The summed E-state index contributed by atoms with van der Waals surface area (Å²) in [4.78, 5) is 18.3. The van der Waals surface area contributed by atoms with Gasteiger partial charge in [0, 0.05) is 24.9 Å². The monoisotopic (exact) mass is 238 g/mol. The molecule has 0 saturated carbocycles. The maximum absolute atomic E-state index is 11.4. The van der Waals surface area contributed by atoms with Crippen molar-refractivity contribution in [3.8, 4) is 11.3 Å². The molecule has 6 heteroatoms. The topological polar surface area (TPSA) is 63.6 Å². The number of H-pyrrole nitrogens is 1. The number of hydrogen-bond donors (Lipinski definition) is 1. The lowest BCUT2D eigenvalue weighted by Crippen LogP contribution is -2.11. The summed E-state index contributed by atoms with van der Waals surface area (Å²) in [6.07, 6.45) is 3.45. The van der Waals surface area contributed by atoms with Crippen molar-refractivity contribution in [2.24, 2.45) is 7.05 Å². The molecule has 16 heavy (non-hydrogen) atoms. The fraction of sp³-hybridized carbons (Fsp3) is 0.300. The molecule has 0 saturated heterocycles. The molecule has 84 valence electrons. The van der Waals surface area contributed by atoms with Crippen LogP contribution in [0.2, 0.25) is 0 Å². The first-order valence-electron chi connectivity index (χ1n) is 4.80. The van der Waals surface area contributed by atoms with Crippen molar-refractivity contribution in [3.63, 3.8) is 0 Å². The molecule has 0 aliphatic carbocycles. The summed E-state index contributed by atoms with van der Waals surface area (Å²) in [5, 5.41) is 3.70. The van der Waals surface area contributed by atoms with E-state index in [9.17, 15) is 4.79 Å². The van der Waals surface area contributed by atoms with Crippen LogP contribution in [0.4, 0.5) is 0 Å². The van der Waals surface area contributed by atoms with Crippen LogP contribution >= 0.6 is 11.6 Å². The minimum Gasteiger partial charge on any atom is -0.309 e. The average molecular weight is 239 g/mol. The van der Waals surface area contributed by atoms with Gasteiger partial charge in [-0.25, -0.2) is 4.98 Å². The van der Waals surface area contributed by atoms with E-state index >= 15 is 0 Å². The molecule has 0 bridgehead atoms. The molecule has 5 nitrogen and oxygen atoms in total. The first-order valence-corrected chi connectivity index (χ1v) is 5.24. The zero-order valence-electron chi connectivity index (χ0n) is 8.94. The minimum absolute atomic E-state index is 0.212. The minimum atomic E-state index is -0.329. The van der Waals surface area contributed by atoms with E-state index < -0.39 is 0 Å². The first-order chi connectivity index (χ1) is 7.56. The number of halogens is 1. The van der Waals surface area contributed by atoms with Crippen LogP contribution in [0.15, 0.2) is 23.3 Å². The van der Waals surface area contributed by atoms with Crippen molar-refractivity contribution in [1.29, 1.82) is 0 Å². The van der Waals surface area contributed by atoms with E-state index in [1.165, 1.54) is 6.07 Å². The Morgan fingerprint density at radius 2 is 2.31 bits per heavy atom. The molecule has 2 heterocycles. The Bertz CT molecular complexity index is 558. The normalized spacial score (nSPS) is 12.7. The van der Waals surface area contributed by atoms with Crippen LogP contribution in [-0.2, 0) is 7.05 Å². The second kappa shape index (κ2) is 4.09. The number of aryl methyl sites for hydroxylation is 1. The van der Waals surface area contributed by atoms with Gasteiger partial charge in [-0.15, -0.1) is 11.6 Å². The van der Waals surface area contributed by atoms with Gasteiger partial charge in [-0.05, 0) is 6.92 Å². The summed E-state index contributed by atoms with van der Waals surface area (Å²) in [5.41, 5.74) is 1.17. The maximum atomic E-state index is 11.4. The Kier molecular flexibility index (Phi) is 2.78. The van der Waals surface area contributed by atoms with Crippen LogP contribution in [0.25, 0.3) is 11.3 Å². The Hall–Kier alpha value is -1.62. The smallest absolute Gasteiger partial charge is 0.251 e. The van der Waals surface area contributed by atoms with Crippen molar-refractivity contribution in [3.05, 3.63) is 34.6 Å². The van der Waals surface area contributed by atoms with Gasteiger partial charge in [0.05, 0.1) is 17.3 Å². The third-order valence-electron chi connectivity index (χ3n) is 2.14. The lowest BCUT2D eigenvalue weighted by molar-refractivity contribution is 0.768. The fourth-order valence-electron chi connectivity index (χ4n) is 1.37. The second-order valence-electron chi connectivity index (χ2n) is 3.53. The van der Waals surface area contributed by atoms with Crippen molar-refractivity contribution >= 4 is 11.6 Å². The number of alkyl halides is 1. The van der Waals surface area contributed by atoms with Crippen LogP contribution in [0.3, 0.4) is 0 Å². The summed E-state index contributed by atoms with van der Waals surface area (Å²) in [6, 6.07) is 1.43. The highest BCUT2D eigenvalue weighted by Crippen LogP contribution is 2.18. The zero-order chi connectivity index (χ0) is 11.7. The summed E-state index contributed by atoms with van der Waals surface area (Å²) in [5.74, 6) is 0.466. The number of hydrogen-bond acceptors (Lipinski definition) is 3. The molecule has 0 amide bonds. The van der Waals surface area contributed by atoms with E-state index in [1.54, 1.807) is 24.0 Å². The molecule has 1 atom stereocenters. The molecule has 0 spiro atoms. The van der Waals surface area contributed by atoms with Crippen molar-refractivity contribution in [2.75, 3.05) is 0 Å². The lowest BCUT2D eigenvalue weighted by atomic mass is 10.2. The fourth-order valence-corrected chi connectivity index (χ4v) is 1.47. The Balaban J connectivity index is 2.53. The standard InChI is InChI=1S/C10H11ClN4O/c1-6(11)10-13-8(3-9(16)14-10)7-4-12-15(2)5-7/h3-6H,1-2H3,(H,13,14,16). The number of aromatic amines is 1. The van der Waals surface area contributed by atoms with Gasteiger partial charge in [0.1, 0.15) is 5.82 Å². The molecule has 0 aliphatic heterocycles. The highest BCUT2D eigenvalue weighted by molar-refractivity contribution is 6.20. The van der Waals surface area contributed by atoms with Gasteiger partial charge >= 0.3 is 0 Å². The van der Waals surface area contributed by atoms with E-state index in [0.29, 0.717) is 11.5 Å². The van der Waals surface area contributed by atoms with Crippen LogP contribution in [-0.4, -0.2) is 19.7 Å². The maximum Gasteiger partial charge on any atom is 0.251 e. The van der Waals surface area contributed by atoms with E-state index in [2.05, 4.69) is 15.1 Å². The molecule has 2 aromatic heterocycles. The van der Waals surface area contributed by atoms with Crippen LogP contribution in [0.1, 0.15) is 18.1 Å². The molecular formula is C10H11ClN4O. The average Bonchev–Trinajstić information content (AvgIpc) is 2.64. The molecule has 0 aromatic carbocycles. The zero-order valence-corrected chi connectivity index (χ0v) is 9.69. The van der Waals surface area contributed by atoms with Gasteiger partial charge in [0.2, 0.25) is 0 Å². The summed E-state index contributed by atoms with van der Waals surface area (Å²) in [7, 11) is 1.81. The van der Waals surface area contributed by atoms with E-state index in [0.717, 1.165) is 5.56 Å². The molecular weight excluding hydrogens is 228 g/mol. The molecule has 0 radical (unpaired) electrons. The number of aromatic nitrogens is 4. The molecule has 2 rings (SSSR count). The first kappa shape index (κ1) is 10.9. The Morgan fingerprint density at radius 1 is 1.56 bits per heavy atom. The Morgan fingerprint density at radius 3 is 2.88 bits per heavy atom. The molecule has 2 aromatic rings. The predicted octanol–water partition coefficient (Wildman–Crippen LogP) is 1.47. The number of nitrogens with zero attached hydrogens (tertiary/aromatic N) is 3. The third kappa shape index (κ3) is 2.14. The highest BCUT2D eigenvalue weighted by atomic mass is 35.5. The quantitative estimate of drug-likeness (QED) is 0.806. The van der Waals surface area contributed by atoms with Gasteiger partial charge in [-0.1, -0.05) is 0 Å². The number of nitrogens with one attached hydrogen (secondary N) is 1. The van der Waals surface area contributed by atoms with E-state index in [-0.39, 0.29) is 10.9 Å². The van der Waals surface area contributed by atoms with Crippen molar-refractivity contribution < 1.29 is 0 Å². The SMILES string of the molecule is CC(Cl)c1nc(-c2cnn(C)c2)cc(=O)[nH]1. The van der Waals surface area contributed by atoms with Gasteiger partial charge in [-0.2, -0.15) is 5.10 Å². The molecule has 1 N–H and O–H groups in total. The van der Waals surface area contributed by atoms with Crippen molar-refractivity contribution in [1.82, 2.24) is 19.7 Å². The van der Waals surface area contributed by atoms with Crippen LogP contribution in [0.5, 0.6) is 0 Å². The van der Waals surface area contributed by atoms with Gasteiger partial charge in [0.15, 0.2) is 0 Å².